The highest BCUT2D eigenvalue weighted by molar-refractivity contribution is 5.74. The average molecular weight is 400 g/mol. The maximum Gasteiger partial charge on any atom is 0.179 e. The fraction of sp³-hybridized carbons (Fsp3) is 0.286. The monoisotopic (exact) mass is 400 g/mol. The molecule has 1 saturated heterocycles. The first-order valence-corrected chi connectivity index (χ1v) is 10.1. The van der Waals surface area contributed by atoms with Gasteiger partial charge in [0.1, 0.15) is 11.2 Å². The second kappa shape index (κ2) is 7.03. The minimum Gasteiger partial charge on any atom is -0.381 e. The van der Waals surface area contributed by atoms with Crippen molar-refractivity contribution in [3.63, 3.8) is 0 Å². The lowest BCUT2D eigenvalue weighted by molar-refractivity contribution is 0.0662. The van der Waals surface area contributed by atoms with Crippen molar-refractivity contribution in [1.29, 1.82) is 0 Å². The molecule has 0 unspecified atom stereocenters. The molecule has 1 aliphatic heterocycles. The minimum absolute atomic E-state index is 0.390. The molecule has 0 bridgehead atoms. The van der Waals surface area contributed by atoms with Crippen LogP contribution in [-0.2, 0) is 11.3 Å². The van der Waals surface area contributed by atoms with E-state index in [1.54, 1.807) is 6.20 Å². The average Bonchev–Trinajstić information content (AvgIpc) is 3.54. The van der Waals surface area contributed by atoms with E-state index in [2.05, 4.69) is 38.9 Å². The van der Waals surface area contributed by atoms with E-state index >= 15 is 0 Å². The molecule has 0 saturated carbocycles. The maximum absolute atomic E-state index is 5.46. The summed E-state index contributed by atoms with van der Waals surface area (Å²) in [6.07, 6.45) is 11.7. The molecule has 0 aromatic carbocycles. The molecule has 0 amide bonds. The third kappa shape index (κ3) is 3.03. The normalized spacial score (nSPS) is 15.3. The Morgan fingerprint density at radius 3 is 2.93 bits per heavy atom. The number of ether oxygens (including phenoxy) is 1. The smallest absolute Gasteiger partial charge is 0.179 e. The number of rotatable bonds is 4. The van der Waals surface area contributed by atoms with Crippen molar-refractivity contribution in [1.82, 2.24) is 39.1 Å². The topological polar surface area (TPSA) is 88.0 Å². The number of fused-ring (bicyclic) bond motifs is 2. The van der Waals surface area contributed by atoms with Crippen molar-refractivity contribution in [3.05, 3.63) is 60.8 Å². The third-order valence-electron chi connectivity index (χ3n) is 5.60. The Morgan fingerprint density at radius 2 is 2.00 bits per heavy atom. The lowest BCUT2D eigenvalue weighted by atomic mass is 10.1. The van der Waals surface area contributed by atoms with Gasteiger partial charge in [-0.15, -0.1) is 5.10 Å². The van der Waals surface area contributed by atoms with Gasteiger partial charge in [0, 0.05) is 43.6 Å². The molecule has 150 valence electrons. The van der Waals surface area contributed by atoms with Crippen LogP contribution in [0.1, 0.15) is 24.4 Å². The number of aromatic nitrogens is 8. The molecular weight excluding hydrogens is 380 g/mol. The van der Waals surface area contributed by atoms with Crippen LogP contribution in [0.25, 0.3) is 28.1 Å². The molecule has 5 aromatic rings. The van der Waals surface area contributed by atoms with Crippen LogP contribution >= 0.6 is 0 Å². The number of imidazole rings is 1. The van der Waals surface area contributed by atoms with Crippen molar-refractivity contribution in [2.45, 2.75) is 25.4 Å². The Balaban J connectivity index is 1.31. The summed E-state index contributed by atoms with van der Waals surface area (Å²) in [5, 5.41) is 13.2. The van der Waals surface area contributed by atoms with Crippen LogP contribution in [0.5, 0.6) is 0 Å². The fourth-order valence-corrected chi connectivity index (χ4v) is 3.97. The van der Waals surface area contributed by atoms with Gasteiger partial charge in [0.25, 0.3) is 0 Å². The first kappa shape index (κ1) is 17.3. The van der Waals surface area contributed by atoms with Gasteiger partial charge in [-0.05, 0) is 36.6 Å². The van der Waals surface area contributed by atoms with Gasteiger partial charge in [0.2, 0.25) is 0 Å². The van der Waals surface area contributed by atoms with Gasteiger partial charge >= 0.3 is 0 Å². The Morgan fingerprint density at radius 1 is 1.07 bits per heavy atom. The standard InChI is InChI=1S/C21H20N8O/c1-4-20-22-7-8-27(20)12-15(1)13-29-21-19(25-26-29)3-2-18(24-21)16-11-23-28(14-16)17-5-9-30-10-6-17/h1-4,7-8,11-12,14,17H,5-6,9-10,13H2. The lowest BCUT2D eigenvalue weighted by Gasteiger charge is -2.22. The van der Waals surface area contributed by atoms with Crippen molar-refractivity contribution < 1.29 is 4.74 Å². The molecule has 0 spiro atoms. The molecule has 0 atom stereocenters. The van der Waals surface area contributed by atoms with Crippen LogP contribution in [0.2, 0.25) is 0 Å². The van der Waals surface area contributed by atoms with E-state index in [0.29, 0.717) is 12.6 Å². The molecule has 30 heavy (non-hydrogen) atoms. The molecule has 0 aliphatic carbocycles. The Bertz CT molecular complexity index is 1330. The molecule has 5 aromatic heterocycles. The summed E-state index contributed by atoms with van der Waals surface area (Å²) in [6.45, 7) is 2.17. The minimum atomic E-state index is 0.390. The zero-order valence-electron chi connectivity index (χ0n) is 16.3. The first-order chi connectivity index (χ1) is 14.8. The second-order valence-electron chi connectivity index (χ2n) is 7.57. The molecule has 0 N–H and O–H groups in total. The van der Waals surface area contributed by atoms with Crippen molar-refractivity contribution in [2.24, 2.45) is 0 Å². The zero-order chi connectivity index (χ0) is 19.9. The van der Waals surface area contributed by atoms with Gasteiger partial charge in [0.15, 0.2) is 5.65 Å². The molecule has 0 radical (unpaired) electrons. The van der Waals surface area contributed by atoms with Gasteiger partial charge in [0.05, 0.1) is 24.5 Å². The van der Waals surface area contributed by atoms with Gasteiger partial charge in [-0.3, -0.25) is 4.68 Å². The van der Waals surface area contributed by atoms with Crippen LogP contribution in [0.15, 0.2) is 55.2 Å². The molecular formula is C21H20N8O. The highest BCUT2D eigenvalue weighted by atomic mass is 16.5. The third-order valence-corrected chi connectivity index (χ3v) is 5.60. The zero-order valence-corrected chi connectivity index (χ0v) is 16.3. The van der Waals surface area contributed by atoms with Gasteiger partial charge in [-0.1, -0.05) is 11.3 Å². The largest absolute Gasteiger partial charge is 0.381 e. The van der Waals surface area contributed by atoms with Crippen LogP contribution in [0.3, 0.4) is 0 Å². The SMILES string of the molecule is c1cn2cc(Cn3nnc4ccc(-c5cnn(C6CCOCC6)c5)nc43)ccc2n1. The van der Waals surface area contributed by atoms with Crippen LogP contribution < -0.4 is 0 Å². The van der Waals surface area contributed by atoms with Crippen molar-refractivity contribution in [3.8, 4) is 11.3 Å². The molecule has 1 aliphatic rings. The summed E-state index contributed by atoms with van der Waals surface area (Å²) in [7, 11) is 0. The van der Waals surface area contributed by atoms with E-state index in [-0.39, 0.29) is 0 Å². The maximum atomic E-state index is 5.46. The highest BCUT2D eigenvalue weighted by Gasteiger charge is 2.17. The summed E-state index contributed by atoms with van der Waals surface area (Å²) in [5.41, 5.74) is 5.43. The van der Waals surface area contributed by atoms with E-state index in [0.717, 1.165) is 59.7 Å². The van der Waals surface area contributed by atoms with E-state index < -0.39 is 0 Å². The molecule has 1 fully saturated rings. The number of hydrogen-bond acceptors (Lipinski definition) is 6. The van der Waals surface area contributed by atoms with Crippen LogP contribution in [0, 0.1) is 0 Å². The summed E-state index contributed by atoms with van der Waals surface area (Å²) >= 11 is 0. The quantitative estimate of drug-likeness (QED) is 0.461. The van der Waals surface area contributed by atoms with Crippen molar-refractivity contribution in [2.75, 3.05) is 13.2 Å². The van der Waals surface area contributed by atoms with E-state index in [1.807, 2.05) is 44.4 Å². The molecule has 9 heteroatoms. The van der Waals surface area contributed by atoms with Gasteiger partial charge in [-0.25, -0.2) is 14.6 Å². The summed E-state index contributed by atoms with van der Waals surface area (Å²) in [5.74, 6) is 0. The second-order valence-corrected chi connectivity index (χ2v) is 7.57. The summed E-state index contributed by atoms with van der Waals surface area (Å²) < 4.78 is 11.3. The predicted octanol–water partition coefficient (Wildman–Crippen LogP) is 2.74. The Kier molecular flexibility index (Phi) is 4.05. The Hall–Kier alpha value is -3.59. The van der Waals surface area contributed by atoms with E-state index in [9.17, 15) is 0 Å². The first-order valence-electron chi connectivity index (χ1n) is 10.1. The van der Waals surface area contributed by atoms with Crippen molar-refractivity contribution >= 4 is 16.8 Å². The van der Waals surface area contributed by atoms with E-state index in [1.165, 1.54) is 0 Å². The summed E-state index contributed by atoms with van der Waals surface area (Å²) in [6, 6.07) is 8.38. The summed E-state index contributed by atoms with van der Waals surface area (Å²) in [4.78, 5) is 9.14. The number of pyridine rings is 2. The van der Waals surface area contributed by atoms with Crippen LogP contribution in [-0.4, -0.2) is 52.4 Å². The molecule has 6 rings (SSSR count). The lowest BCUT2D eigenvalue weighted by Crippen LogP contribution is -2.19. The van der Waals surface area contributed by atoms with Gasteiger partial charge in [-0.2, -0.15) is 5.10 Å². The molecule has 6 heterocycles. The molecule has 9 nitrogen and oxygen atoms in total. The Labute approximate surface area is 171 Å². The number of nitrogens with zero attached hydrogens (tertiary/aromatic N) is 8. The predicted molar refractivity (Wildman–Crippen MR) is 110 cm³/mol. The van der Waals surface area contributed by atoms with Gasteiger partial charge < -0.3 is 9.14 Å². The highest BCUT2D eigenvalue weighted by Crippen LogP contribution is 2.25. The van der Waals surface area contributed by atoms with Crippen LogP contribution in [0.4, 0.5) is 0 Å². The fourth-order valence-electron chi connectivity index (χ4n) is 3.97. The van der Waals surface area contributed by atoms with E-state index in [4.69, 9.17) is 9.72 Å². The number of hydrogen-bond donors (Lipinski definition) is 0.